The van der Waals surface area contributed by atoms with Crippen molar-refractivity contribution in [2.75, 3.05) is 0 Å². The fraction of sp³-hybridized carbons (Fsp3) is 0.133. The second-order valence-corrected chi connectivity index (χ2v) is 8.77. The van der Waals surface area contributed by atoms with E-state index in [0.717, 1.165) is 16.2 Å². The van der Waals surface area contributed by atoms with Gasteiger partial charge in [0.25, 0.3) is 0 Å². The Kier molecular flexibility index (Phi) is 8.71. The summed E-state index contributed by atoms with van der Waals surface area (Å²) >= 11 is 0. The number of hydrogen-bond acceptors (Lipinski definition) is 8. The summed E-state index contributed by atoms with van der Waals surface area (Å²) < 4.78 is 0. The molecule has 8 nitrogen and oxygen atoms in total. The molecule has 0 saturated heterocycles. The molecular weight excluding hydrogens is 482 g/mol. The van der Waals surface area contributed by atoms with Crippen molar-refractivity contribution in [3.8, 4) is 11.5 Å². The second kappa shape index (κ2) is 12.5. The first-order valence-corrected chi connectivity index (χ1v) is 12.1. The van der Waals surface area contributed by atoms with Crippen LogP contribution < -0.4 is 0 Å². The molecule has 0 fully saturated rings. The Morgan fingerprint density at radius 3 is 1.24 bits per heavy atom. The van der Waals surface area contributed by atoms with E-state index >= 15 is 0 Å². The molecule has 194 valence electrons. The number of aromatic hydroxyl groups is 2. The van der Waals surface area contributed by atoms with Crippen LogP contribution in [-0.4, -0.2) is 42.3 Å². The van der Waals surface area contributed by atoms with Crippen molar-refractivity contribution < 1.29 is 25.8 Å². The van der Waals surface area contributed by atoms with Gasteiger partial charge in [-0.1, -0.05) is 95.2 Å². The van der Waals surface area contributed by atoms with Crippen LogP contribution in [0.2, 0.25) is 0 Å². The van der Waals surface area contributed by atoms with E-state index in [1.165, 1.54) is 12.1 Å². The molecule has 0 saturated carbocycles. The van der Waals surface area contributed by atoms with Gasteiger partial charge in [-0.3, -0.25) is 0 Å². The van der Waals surface area contributed by atoms with Gasteiger partial charge in [0, 0.05) is 24.0 Å². The molecule has 0 bridgehead atoms. The molecular formula is C30H29N3O5. The lowest BCUT2D eigenvalue weighted by atomic mass is 9.92. The summed E-state index contributed by atoms with van der Waals surface area (Å²) in [5, 5.41) is 60.5. The Hall–Kier alpha value is -4.66. The second-order valence-electron chi connectivity index (χ2n) is 8.77. The topological polar surface area (TPSA) is 129 Å². The smallest absolute Gasteiger partial charge is 0.124 e. The van der Waals surface area contributed by atoms with E-state index in [-0.39, 0.29) is 35.8 Å². The largest absolute Gasteiger partial charge is 0.507 e. The highest BCUT2D eigenvalue weighted by Gasteiger charge is 2.31. The van der Waals surface area contributed by atoms with Gasteiger partial charge in [-0.2, -0.15) is 5.06 Å². The van der Waals surface area contributed by atoms with Crippen LogP contribution in [0.4, 0.5) is 0 Å². The van der Waals surface area contributed by atoms with E-state index in [1.807, 2.05) is 60.7 Å². The van der Waals surface area contributed by atoms with Crippen molar-refractivity contribution in [1.82, 2.24) is 5.06 Å². The zero-order chi connectivity index (χ0) is 26.9. The number of benzene rings is 4. The average molecular weight is 512 g/mol. The van der Waals surface area contributed by atoms with Gasteiger partial charge < -0.3 is 25.8 Å². The monoisotopic (exact) mass is 511 g/mol. The van der Waals surface area contributed by atoms with Crippen molar-refractivity contribution >= 4 is 11.4 Å². The van der Waals surface area contributed by atoms with Crippen molar-refractivity contribution in [1.29, 1.82) is 0 Å². The minimum absolute atomic E-state index is 0.0418. The van der Waals surface area contributed by atoms with E-state index in [9.17, 15) is 25.8 Å². The predicted octanol–water partition coefficient (Wildman–Crippen LogP) is 6.11. The Labute approximate surface area is 220 Å². The highest BCUT2D eigenvalue weighted by Crippen LogP contribution is 2.36. The molecule has 0 amide bonds. The fourth-order valence-electron chi connectivity index (χ4n) is 4.51. The number of oxime groups is 2. The van der Waals surface area contributed by atoms with E-state index in [0.29, 0.717) is 11.1 Å². The molecule has 0 aliphatic heterocycles. The zero-order valence-electron chi connectivity index (χ0n) is 20.5. The number of phenols is 2. The first-order valence-electron chi connectivity index (χ1n) is 12.1. The van der Waals surface area contributed by atoms with Gasteiger partial charge in [0.05, 0.1) is 23.5 Å². The lowest BCUT2D eigenvalue weighted by Crippen LogP contribution is -2.33. The molecule has 38 heavy (non-hydrogen) atoms. The van der Waals surface area contributed by atoms with Gasteiger partial charge in [0.1, 0.15) is 11.5 Å². The normalized spacial score (nSPS) is 13.8. The molecule has 0 aliphatic rings. The molecule has 0 spiro atoms. The summed E-state index contributed by atoms with van der Waals surface area (Å²) in [6.07, 6.45) is 0.0835. The van der Waals surface area contributed by atoms with Gasteiger partial charge in [-0.15, -0.1) is 0 Å². The number of rotatable bonds is 10. The first kappa shape index (κ1) is 26.4. The van der Waals surface area contributed by atoms with Crippen molar-refractivity contribution in [2.45, 2.75) is 24.9 Å². The van der Waals surface area contributed by atoms with Crippen LogP contribution in [0.1, 0.15) is 47.2 Å². The standard InChI is InChI=1S/C30H29N3O5/c34-29-17-9-7-15-23(29)25(31-36)19-27(21-11-3-1-4-12-21)33(38)28(22-13-5-2-6-14-22)20-26(32-37)24-16-8-10-18-30(24)35/h1-18,27-28,34-38H,19-20H2/b31-25-,32-26-. The van der Waals surface area contributed by atoms with Gasteiger partial charge in [-0.05, 0) is 35.4 Å². The van der Waals surface area contributed by atoms with Crippen LogP contribution in [0.5, 0.6) is 11.5 Å². The van der Waals surface area contributed by atoms with Crippen LogP contribution in [-0.2, 0) is 0 Å². The van der Waals surface area contributed by atoms with Crippen LogP contribution in [0, 0.1) is 0 Å². The predicted molar refractivity (Wildman–Crippen MR) is 144 cm³/mol. The summed E-state index contributed by atoms with van der Waals surface area (Å²) in [7, 11) is 0. The number of para-hydroxylation sites is 2. The van der Waals surface area contributed by atoms with Gasteiger partial charge in [-0.25, -0.2) is 0 Å². The van der Waals surface area contributed by atoms with Crippen molar-refractivity contribution in [3.63, 3.8) is 0 Å². The van der Waals surface area contributed by atoms with Crippen molar-refractivity contribution in [2.24, 2.45) is 10.3 Å². The molecule has 0 radical (unpaired) electrons. The molecule has 0 heterocycles. The van der Waals surface area contributed by atoms with Crippen LogP contribution in [0.15, 0.2) is 120 Å². The first-order chi connectivity index (χ1) is 18.5. The number of hydrogen-bond donors (Lipinski definition) is 5. The Bertz CT molecular complexity index is 1290. The summed E-state index contributed by atoms with van der Waals surface area (Å²) in [6.45, 7) is 0. The molecule has 2 unspecified atom stereocenters. The van der Waals surface area contributed by atoms with E-state index in [1.54, 1.807) is 36.4 Å². The van der Waals surface area contributed by atoms with Gasteiger partial charge >= 0.3 is 0 Å². The van der Waals surface area contributed by atoms with Crippen LogP contribution >= 0.6 is 0 Å². The Balaban J connectivity index is 1.77. The third-order valence-electron chi connectivity index (χ3n) is 6.45. The SMILES string of the molecule is O/N=C(/CC(c1ccccc1)N(O)C(C/C(=N/O)c1ccccc1O)c1ccccc1)c1ccccc1O. The molecule has 4 aromatic carbocycles. The number of phenolic OH excluding ortho intramolecular Hbond substituents is 2. The average Bonchev–Trinajstić information content (AvgIpc) is 2.96. The summed E-state index contributed by atoms with van der Waals surface area (Å²) in [6, 6.07) is 30.1. The number of hydroxylamine groups is 2. The molecule has 2 atom stereocenters. The Morgan fingerprint density at radius 1 is 0.553 bits per heavy atom. The fourth-order valence-corrected chi connectivity index (χ4v) is 4.51. The highest BCUT2D eigenvalue weighted by atomic mass is 16.5. The van der Waals surface area contributed by atoms with Crippen LogP contribution in [0.25, 0.3) is 0 Å². The molecule has 5 N–H and O–H groups in total. The zero-order valence-corrected chi connectivity index (χ0v) is 20.5. The quantitative estimate of drug-likeness (QED) is 0.0993. The van der Waals surface area contributed by atoms with Crippen molar-refractivity contribution in [3.05, 3.63) is 131 Å². The minimum atomic E-state index is -0.726. The summed E-state index contributed by atoms with van der Waals surface area (Å²) in [5.41, 5.74) is 2.51. The lowest BCUT2D eigenvalue weighted by Gasteiger charge is -2.34. The minimum Gasteiger partial charge on any atom is -0.507 e. The molecule has 0 aliphatic carbocycles. The molecule has 8 heteroatoms. The third-order valence-corrected chi connectivity index (χ3v) is 6.45. The summed E-state index contributed by atoms with van der Waals surface area (Å²) in [4.78, 5) is 0. The highest BCUT2D eigenvalue weighted by molar-refractivity contribution is 6.03. The van der Waals surface area contributed by atoms with E-state index < -0.39 is 12.1 Å². The third kappa shape index (κ3) is 6.00. The van der Waals surface area contributed by atoms with E-state index in [4.69, 9.17) is 0 Å². The maximum atomic E-state index is 11.8. The van der Waals surface area contributed by atoms with Gasteiger partial charge in [0.2, 0.25) is 0 Å². The maximum Gasteiger partial charge on any atom is 0.124 e. The Morgan fingerprint density at radius 2 is 0.895 bits per heavy atom. The van der Waals surface area contributed by atoms with Crippen LogP contribution in [0.3, 0.4) is 0 Å². The molecule has 0 aromatic heterocycles. The maximum absolute atomic E-state index is 11.8. The molecule has 4 aromatic rings. The van der Waals surface area contributed by atoms with Gasteiger partial charge in [0.15, 0.2) is 0 Å². The molecule has 4 rings (SSSR count). The summed E-state index contributed by atoms with van der Waals surface area (Å²) in [5.74, 6) is -0.101. The van der Waals surface area contributed by atoms with E-state index in [2.05, 4.69) is 10.3 Å². The number of nitrogens with zero attached hydrogens (tertiary/aromatic N) is 3. The lowest BCUT2D eigenvalue weighted by molar-refractivity contribution is -0.161.